The van der Waals surface area contributed by atoms with E-state index in [4.69, 9.17) is 0 Å². The Balaban J connectivity index is 1.86. The molecule has 1 heterocycles. The lowest BCUT2D eigenvalue weighted by atomic mass is 10.4. The second-order valence-electron chi connectivity index (χ2n) is 4.81. The highest BCUT2D eigenvalue weighted by Gasteiger charge is 2.14. The lowest BCUT2D eigenvalue weighted by Gasteiger charge is -2.06. The van der Waals surface area contributed by atoms with Crippen LogP contribution in [0.15, 0.2) is 33.6 Å². The van der Waals surface area contributed by atoms with Crippen LogP contribution in [0, 0.1) is 13.8 Å². The zero-order valence-electron chi connectivity index (χ0n) is 12.6. The van der Waals surface area contributed by atoms with Gasteiger partial charge in [-0.3, -0.25) is 4.79 Å². The Kier molecular flexibility index (Phi) is 5.90. The summed E-state index contributed by atoms with van der Waals surface area (Å²) in [6.45, 7) is 3.82. The SMILES string of the molecule is Cc1nc(NC(=O)CCNS(=O)(=O)c2ccc(Br)cc2)sc1C. The number of carbonyl (C=O) groups is 1. The van der Waals surface area contributed by atoms with Gasteiger partial charge in [0.15, 0.2) is 5.13 Å². The van der Waals surface area contributed by atoms with Gasteiger partial charge in [-0.1, -0.05) is 15.9 Å². The summed E-state index contributed by atoms with van der Waals surface area (Å²) < 4.78 is 27.3. The van der Waals surface area contributed by atoms with E-state index in [0.29, 0.717) is 5.13 Å². The van der Waals surface area contributed by atoms with E-state index in [1.165, 1.54) is 23.5 Å². The van der Waals surface area contributed by atoms with Crippen LogP contribution in [-0.2, 0) is 14.8 Å². The van der Waals surface area contributed by atoms with Crippen molar-refractivity contribution in [2.75, 3.05) is 11.9 Å². The van der Waals surface area contributed by atoms with E-state index in [1.807, 2.05) is 13.8 Å². The third-order valence-corrected chi connectivity index (χ3v) is 6.04. The molecule has 0 saturated heterocycles. The summed E-state index contributed by atoms with van der Waals surface area (Å²) in [6.07, 6.45) is 0.0352. The van der Waals surface area contributed by atoms with Gasteiger partial charge in [0.25, 0.3) is 0 Å². The number of anilines is 1. The van der Waals surface area contributed by atoms with Crippen molar-refractivity contribution in [2.24, 2.45) is 0 Å². The number of hydrogen-bond donors (Lipinski definition) is 2. The zero-order valence-corrected chi connectivity index (χ0v) is 15.8. The van der Waals surface area contributed by atoms with E-state index in [1.54, 1.807) is 12.1 Å². The van der Waals surface area contributed by atoms with Crippen molar-refractivity contribution >= 4 is 48.3 Å². The molecule has 1 amide bonds. The number of aryl methyl sites for hydroxylation is 2. The Labute approximate surface area is 147 Å². The van der Waals surface area contributed by atoms with Crippen molar-refractivity contribution in [3.63, 3.8) is 0 Å². The molecule has 6 nitrogen and oxygen atoms in total. The van der Waals surface area contributed by atoms with Crippen LogP contribution >= 0.6 is 27.3 Å². The maximum absolute atomic E-state index is 12.1. The first-order chi connectivity index (χ1) is 10.8. The van der Waals surface area contributed by atoms with Gasteiger partial charge in [-0.25, -0.2) is 18.1 Å². The van der Waals surface area contributed by atoms with Crippen molar-refractivity contribution in [1.29, 1.82) is 0 Å². The predicted octanol–water partition coefficient (Wildman–Crippen LogP) is 2.83. The summed E-state index contributed by atoms with van der Waals surface area (Å²) in [4.78, 5) is 17.2. The van der Waals surface area contributed by atoms with Crippen LogP contribution in [0.1, 0.15) is 17.0 Å². The van der Waals surface area contributed by atoms with Gasteiger partial charge in [0.1, 0.15) is 0 Å². The third kappa shape index (κ3) is 5.10. The Morgan fingerprint density at radius 3 is 2.48 bits per heavy atom. The van der Waals surface area contributed by atoms with Gasteiger partial charge < -0.3 is 5.32 Å². The minimum absolute atomic E-state index is 0.0214. The van der Waals surface area contributed by atoms with Crippen LogP contribution in [0.3, 0.4) is 0 Å². The van der Waals surface area contributed by atoms with Crippen LogP contribution in [-0.4, -0.2) is 25.9 Å². The maximum Gasteiger partial charge on any atom is 0.240 e. The molecule has 0 radical (unpaired) electrons. The monoisotopic (exact) mass is 417 g/mol. The van der Waals surface area contributed by atoms with Crippen molar-refractivity contribution in [3.8, 4) is 0 Å². The average Bonchev–Trinajstić information content (AvgIpc) is 2.77. The van der Waals surface area contributed by atoms with E-state index < -0.39 is 10.0 Å². The molecule has 0 bridgehead atoms. The van der Waals surface area contributed by atoms with E-state index in [2.05, 4.69) is 31.0 Å². The number of aromatic nitrogens is 1. The van der Waals surface area contributed by atoms with E-state index in [-0.39, 0.29) is 23.8 Å². The van der Waals surface area contributed by atoms with Gasteiger partial charge in [0, 0.05) is 22.3 Å². The fourth-order valence-corrected chi connectivity index (χ4v) is 3.83. The lowest BCUT2D eigenvalue weighted by molar-refractivity contribution is -0.116. The molecule has 2 N–H and O–H groups in total. The summed E-state index contributed by atoms with van der Waals surface area (Å²) in [5.74, 6) is -0.280. The first-order valence-electron chi connectivity index (χ1n) is 6.77. The third-order valence-electron chi connectivity index (χ3n) is 3.04. The Morgan fingerprint density at radius 1 is 1.26 bits per heavy atom. The molecule has 2 rings (SSSR count). The number of amides is 1. The summed E-state index contributed by atoms with van der Waals surface area (Å²) in [6, 6.07) is 6.28. The number of halogens is 1. The summed E-state index contributed by atoms with van der Waals surface area (Å²) in [7, 11) is -3.61. The van der Waals surface area contributed by atoms with Crippen LogP contribution in [0.5, 0.6) is 0 Å². The van der Waals surface area contributed by atoms with E-state index in [9.17, 15) is 13.2 Å². The molecular weight excluding hydrogens is 402 g/mol. The standard InChI is InChI=1S/C14H16BrN3O3S2/c1-9-10(2)22-14(17-9)18-13(19)7-8-16-23(20,21)12-5-3-11(15)4-6-12/h3-6,16H,7-8H2,1-2H3,(H,17,18,19). The number of hydrogen-bond acceptors (Lipinski definition) is 5. The smallest absolute Gasteiger partial charge is 0.240 e. The average molecular weight is 418 g/mol. The summed E-state index contributed by atoms with van der Waals surface area (Å²) in [5, 5.41) is 3.19. The lowest BCUT2D eigenvalue weighted by Crippen LogP contribution is -2.27. The van der Waals surface area contributed by atoms with Gasteiger partial charge in [-0.2, -0.15) is 0 Å². The fraction of sp³-hybridized carbons (Fsp3) is 0.286. The van der Waals surface area contributed by atoms with Gasteiger partial charge in [0.2, 0.25) is 15.9 Å². The quantitative estimate of drug-likeness (QED) is 0.755. The highest BCUT2D eigenvalue weighted by molar-refractivity contribution is 9.10. The molecule has 0 spiro atoms. The number of nitrogens with zero attached hydrogens (tertiary/aromatic N) is 1. The molecule has 1 aromatic heterocycles. The number of thiazole rings is 1. The molecule has 0 saturated carbocycles. The molecule has 0 fully saturated rings. The van der Waals surface area contributed by atoms with Gasteiger partial charge in [0.05, 0.1) is 10.6 Å². The summed E-state index contributed by atoms with van der Waals surface area (Å²) in [5.41, 5.74) is 0.876. The molecule has 0 atom stereocenters. The van der Waals surface area contributed by atoms with Crippen molar-refractivity contribution in [1.82, 2.24) is 9.71 Å². The molecule has 0 aliphatic rings. The topological polar surface area (TPSA) is 88.2 Å². The molecule has 9 heteroatoms. The summed E-state index contributed by atoms with van der Waals surface area (Å²) >= 11 is 4.64. The Hall–Kier alpha value is -1.29. The minimum Gasteiger partial charge on any atom is -0.302 e. The van der Waals surface area contributed by atoms with Crippen LogP contribution in [0.2, 0.25) is 0 Å². The second-order valence-corrected chi connectivity index (χ2v) is 8.70. The molecular formula is C14H16BrN3O3S2. The zero-order chi connectivity index (χ0) is 17.0. The highest BCUT2D eigenvalue weighted by Crippen LogP contribution is 2.21. The first-order valence-corrected chi connectivity index (χ1v) is 9.86. The Bertz CT molecular complexity index is 782. The highest BCUT2D eigenvalue weighted by atomic mass is 79.9. The number of sulfonamides is 1. The van der Waals surface area contributed by atoms with Gasteiger partial charge >= 0.3 is 0 Å². The van der Waals surface area contributed by atoms with Crippen LogP contribution in [0.4, 0.5) is 5.13 Å². The van der Waals surface area contributed by atoms with Crippen molar-refractivity contribution in [3.05, 3.63) is 39.3 Å². The fourth-order valence-electron chi connectivity index (χ4n) is 1.70. The normalized spacial score (nSPS) is 11.4. The molecule has 2 aromatic rings. The minimum atomic E-state index is -3.61. The molecule has 1 aromatic carbocycles. The maximum atomic E-state index is 12.1. The molecule has 0 aliphatic carbocycles. The molecule has 124 valence electrons. The predicted molar refractivity (Wildman–Crippen MR) is 94.2 cm³/mol. The second kappa shape index (κ2) is 7.52. The first kappa shape index (κ1) is 18.1. The van der Waals surface area contributed by atoms with Gasteiger partial charge in [-0.05, 0) is 38.1 Å². The van der Waals surface area contributed by atoms with E-state index in [0.717, 1.165) is 15.0 Å². The molecule has 0 aliphatic heterocycles. The molecule has 0 unspecified atom stereocenters. The van der Waals surface area contributed by atoms with Crippen molar-refractivity contribution in [2.45, 2.75) is 25.2 Å². The van der Waals surface area contributed by atoms with Gasteiger partial charge in [-0.15, -0.1) is 11.3 Å². The van der Waals surface area contributed by atoms with Crippen LogP contribution < -0.4 is 10.0 Å². The molecule has 23 heavy (non-hydrogen) atoms. The number of rotatable bonds is 6. The number of nitrogens with one attached hydrogen (secondary N) is 2. The Morgan fingerprint density at radius 2 is 1.91 bits per heavy atom. The van der Waals surface area contributed by atoms with Crippen LogP contribution in [0.25, 0.3) is 0 Å². The largest absolute Gasteiger partial charge is 0.302 e. The number of carbonyl (C=O) groups excluding carboxylic acids is 1. The number of benzene rings is 1. The van der Waals surface area contributed by atoms with Crippen molar-refractivity contribution < 1.29 is 13.2 Å². The van der Waals surface area contributed by atoms with E-state index >= 15 is 0 Å².